The Bertz CT molecular complexity index is 969. The van der Waals surface area contributed by atoms with Gasteiger partial charge in [-0.1, -0.05) is 19.4 Å². The number of ether oxygens (including phenoxy) is 3. The summed E-state index contributed by atoms with van der Waals surface area (Å²) in [5.74, 6) is -1.05. The van der Waals surface area contributed by atoms with E-state index in [9.17, 15) is 19.5 Å². The van der Waals surface area contributed by atoms with Crippen LogP contribution in [0.2, 0.25) is 0 Å². The molecule has 1 N–H and O–H groups in total. The highest BCUT2D eigenvalue weighted by atomic mass is 16.6. The average molecular weight is 445 g/mol. The Morgan fingerprint density at radius 3 is 2.62 bits per heavy atom. The van der Waals surface area contributed by atoms with E-state index >= 15 is 0 Å². The molecule has 0 bridgehead atoms. The molecule has 2 unspecified atom stereocenters. The summed E-state index contributed by atoms with van der Waals surface area (Å²) < 4.78 is 18.0. The number of methoxy groups -OCH3 is 1. The Hall–Kier alpha value is -1.73. The maximum absolute atomic E-state index is 13.3. The number of rotatable bonds is 2. The lowest BCUT2D eigenvalue weighted by Gasteiger charge is -2.58. The van der Waals surface area contributed by atoms with Crippen molar-refractivity contribution in [2.24, 2.45) is 28.6 Å². The molecule has 0 aromatic carbocycles. The minimum atomic E-state index is -0.638. The zero-order valence-electron chi connectivity index (χ0n) is 19.1. The number of fused-ring (bicyclic) bond motifs is 4. The van der Waals surface area contributed by atoms with Crippen molar-refractivity contribution < 1.29 is 33.7 Å². The molecular weight excluding hydrogens is 412 g/mol. The molecule has 0 aromatic heterocycles. The van der Waals surface area contributed by atoms with Gasteiger partial charge in [-0.3, -0.25) is 14.4 Å². The van der Waals surface area contributed by atoms with E-state index in [1.165, 1.54) is 7.11 Å². The first-order valence-corrected chi connectivity index (χ1v) is 12.0. The number of epoxide rings is 1. The molecule has 2 heterocycles. The average Bonchev–Trinajstić information content (AvgIpc) is 3.25. The van der Waals surface area contributed by atoms with E-state index < -0.39 is 17.1 Å². The van der Waals surface area contributed by atoms with E-state index in [2.05, 4.69) is 13.8 Å². The number of Topliss-reactive ketones (excluding diaryl/α,β-unsaturated/α-hetero) is 1. The van der Waals surface area contributed by atoms with Crippen LogP contribution in [-0.4, -0.2) is 53.9 Å². The summed E-state index contributed by atoms with van der Waals surface area (Å²) in [5, 5.41) is 10.5. The lowest BCUT2D eigenvalue weighted by atomic mass is 9.43. The van der Waals surface area contributed by atoms with Gasteiger partial charge in [-0.2, -0.15) is 0 Å². The van der Waals surface area contributed by atoms with Crippen LogP contribution in [0.15, 0.2) is 11.1 Å². The van der Waals surface area contributed by atoms with Crippen LogP contribution in [0, 0.1) is 28.6 Å². The van der Waals surface area contributed by atoms with Crippen LogP contribution in [0.1, 0.15) is 65.2 Å². The van der Waals surface area contributed by atoms with Crippen molar-refractivity contribution in [2.75, 3.05) is 13.7 Å². The predicted molar refractivity (Wildman–Crippen MR) is 111 cm³/mol. The molecule has 6 aliphatic rings. The molecule has 2 spiro atoms. The summed E-state index contributed by atoms with van der Waals surface area (Å²) in [4.78, 5) is 37.9. The quantitative estimate of drug-likeness (QED) is 0.397. The summed E-state index contributed by atoms with van der Waals surface area (Å²) in [6.07, 6.45) is 4.99. The van der Waals surface area contributed by atoms with Gasteiger partial charge in [0.15, 0.2) is 0 Å². The summed E-state index contributed by atoms with van der Waals surface area (Å²) in [7, 11) is 1.39. The molecule has 5 fully saturated rings. The maximum Gasteiger partial charge on any atom is 0.313 e. The van der Waals surface area contributed by atoms with Gasteiger partial charge in [0.1, 0.15) is 17.0 Å². The summed E-state index contributed by atoms with van der Waals surface area (Å²) >= 11 is 0. The second kappa shape index (κ2) is 6.23. The standard InChI is InChI=1S/C25H32O7/c1-22-7-4-13(27)10-16(22)14(12-26)19(21(29)30-3)20-15-5-8-24(9-6-18(28)32-24)23(15,2)11-17-25(20,22)31-17/h15,17,19-20,26H,4-12H2,1-3H3/t15?,17-,19-,20?,22+,23+,24-,25-/m1/s1. The molecule has 0 radical (unpaired) electrons. The molecule has 0 aromatic rings. The minimum absolute atomic E-state index is 0.0522. The van der Waals surface area contributed by atoms with E-state index in [-0.39, 0.29) is 59.5 Å². The largest absolute Gasteiger partial charge is 0.469 e. The molecule has 6 rings (SSSR count). The zero-order chi connectivity index (χ0) is 22.7. The highest BCUT2D eigenvalue weighted by Crippen LogP contribution is 2.78. The van der Waals surface area contributed by atoms with E-state index in [0.29, 0.717) is 31.3 Å². The predicted octanol–water partition coefficient (Wildman–Crippen LogP) is 2.49. The summed E-state index contributed by atoms with van der Waals surface area (Å²) in [5.41, 5.74) is -0.152. The van der Waals surface area contributed by atoms with Gasteiger partial charge in [0.05, 0.1) is 25.7 Å². The van der Waals surface area contributed by atoms with Crippen LogP contribution in [0.3, 0.4) is 0 Å². The van der Waals surface area contributed by atoms with Crippen molar-refractivity contribution in [3.8, 4) is 0 Å². The normalized spacial score (nSPS) is 51.0. The molecule has 0 amide bonds. The maximum atomic E-state index is 13.3. The second-order valence-electron chi connectivity index (χ2n) is 11.4. The van der Waals surface area contributed by atoms with Crippen LogP contribution in [-0.2, 0) is 28.6 Å². The van der Waals surface area contributed by atoms with Crippen molar-refractivity contribution in [3.05, 3.63) is 11.1 Å². The van der Waals surface area contributed by atoms with Gasteiger partial charge < -0.3 is 19.3 Å². The molecule has 3 saturated carbocycles. The Morgan fingerprint density at radius 1 is 1.19 bits per heavy atom. The number of hydrogen-bond acceptors (Lipinski definition) is 7. The highest BCUT2D eigenvalue weighted by molar-refractivity contribution is 5.85. The number of aliphatic hydroxyl groups excluding tert-OH is 1. The van der Waals surface area contributed by atoms with Crippen molar-refractivity contribution >= 4 is 17.7 Å². The van der Waals surface area contributed by atoms with E-state index in [1.807, 2.05) is 0 Å². The van der Waals surface area contributed by atoms with Gasteiger partial charge in [0.2, 0.25) is 0 Å². The monoisotopic (exact) mass is 444 g/mol. The molecule has 8 atom stereocenters. The van der Waals surface area contributed by atoms with Crippen LogP contribution >= 0.6 is 0 Å². The van der Waals surface area contributed by atoms with Crippen LogP contribution in [0.4, 0.5) is 0 Å². The van der Waals surface area contributed by atoms with Gasteiger partial charge in [-0.05, 0) is 43.6 Å². The molecular formula is C25H32O7. The zero-order valence-corrected chi connectivity index (χ0v) is 19.1. The van der Waals surface area contributed by atoms with Crippen molar-refractivity contribution in [1.82, 2.24) is 0 Å². The Kier molecular flexibility index (Phi) is 4.06. The van der Waals surface area contributed by atoms with Crippen molar-refractivity contribution in [3.63, 3.8) is 0 Å². The Morgan fingerprint density at radius 2 is 1.97 bits per heavy atom. The Balaban J connectivity index is 1.55. The van der Waals surface area contributed by atoms with Gasteiger partial charge in [-0.25, -0.2) is 0 Å². The fourth-order valence-electron chi connectivity index (χ4n) is 9.09. The number of esters is 2. The van der Waals surface area contributed by atoms with E-state index in [4.69, 9.17) is 14.2 Å². The van der Waals surface area contributed by atoms with E-state index in [0.717, 1.165) is 24.8 Å². The lowest BCUT2D eigenvalue weighted by Crippen LogP contribution is -2.63. The molecule has 2 aliphatic heterocycles. The minimum Gasteiger partial charge on any atom is -0.469 e. The SMILES string of the molecule is COC(=O)[C@@H]1C(CO)=C2CC(=O)CC[C@]2(C)[C@@]23O[C@@H]2C[C@@]2(C)C(CC[C@@]24CCC(=O)O4)C13. The summed E-state index contributed by atoms with van der Waals surface area (Å²) in [6.45, 7) is 4.13. The van der Waals surface area contributed by atoms with Crippen LogP contribution in [0.25, 0.3) is 0 Å². The van der Waals surface area contributed by atoms with Crippen LogP contribution in [0.5, 0.6) is 0 Å². The van der Waals surface area contributed by atoms with E-state index in [1.54, 1.807) is 0 Å². The molecule has 4 aliphatic carbocycles. The molecule has 7 heteroatoms. The number of hydrogen-bond donors (Lipinski definition) is 1. The molecule has 32 heavy (non-hydrogen) atoms. The number of ketones is 1. The van der Waals surface area contributed by atoms with Gasteiger partial charge in [-0.15, -0.1) is 0 Å². The second-order valence-corrected chi connectivity index (χ2v) is 11.4. The lowest BCUT2D eigenvalue weighted by molar-refractivity contribution is -0.169. The number of carbonyl (C=O) groups is 3. The molecule has 7 nitrogen and oxygen atoms in total. The fourth-order valence-corrected chi connectivity index (χ4v) is 9.09. The fraction of sp³-hybridized carbons (Fsp3) is 0.800. The number of aliphatic hydroxyl groups is 1. The van der Waals surface area contributed by atoms with Gasteiger partial charge >= 0.3 is 11.9 Å². The highest BCUT2D eigenvalue weighted by Gasteiger charge is 2.83. The Labute approximate surface area is 187 Å². The molecule has 174 valence electrons. The van der Waals surface area contributed by atoms with Crippen molar-refractivity contribution in [1.29, 1.82) is 0 Å². The first-order valence-electron chi connectivity index (χ1n) is 12.0. The first kappa shape index (κ1) is 20.8. The first-order chi connectivity index (χ1) is 15.2. The third-order valence-corrected chi connectivity index (χ3v) is 10.6. The smallest absolute Gasteiger partial charge is 0.313 e. The third-order valence-electron chi connectivity index (χ3n) is 10.6. The topological polar surface area (TPSA) is 102 Å². The van der Waals surface area contributed by atoms with Gasteiger partial charge in [0, 0.05) is 36.0 Å². The van der Waals surface area contributed by atoms with Crippen molar-refractivity contribution in [2.45, 2.75) is 82.5 Å². The van der Waals surface area contributed by atoms with Crippen LogP contribution < -0.4 is 0 Å². The third kappa shape index (κ3) is 2.13. The number of carbonyl (C=O) groups excluding carboxylic acids is 3. The summed E-state index contributed by atoms with van der Waals surface area (Å²) in [6, 6.07) is 0. The van der Waals surface area contributed by atoms with Gasteiger partial charge in [0.25, 0.3) is 0 Å². The molecule has 2 saturated heterocycles.